The summed E-state index contributed by atoms with van der Waals surface area (Å²) >= 11 is 0. The minimum Gasteiger partial charge on any atom is -0.364 e. The van der Waals surface area contributed by atoms with Gasteiger partial charge in [0.15, 0.2) is 0 Å². The summed E-state index contributed by atoms with van der Waals surface area (Å²) in [7, 11) is 0. The monoisotopic (exact) mass is 408 g/mol. The molecule has 0 bridgehead atoms. The zero-order valence-corrected chi connectivity index (χ0v) is 17.9. The first-order valence-electron chi connectivity index (χ1n) is 10.9. The highest BCUT2D eigenvalue weighted by Crippen LogP contribution is 2.24. The van der Waals surface area contributed by atoms with E-state index in [0.29, 0.717) is 19.7 Å². The van der Waals surface area contributed by atoms with Crippen LogP contribution in [0.25, 0.3) is 0 Å². The molecule has 2 amide bonds. The van der Waals surface area contributed by atoms with Gasteiger partial charge in [-0.05, 0) is 37.3 Å². The van der Waals surface area contributed by atoms with Crippen LogP contribution in [0, 0.1) is 0 Å². The quantitative estimate of drug-likeness (QED) is 0.721. The highest BCUT2D eigenvalue weighted by molar-refractivity contribution is 5.84. The van der Waals surface area contributed by atoms with E-state index in [2.05, 4.69) is 12.2 Å². The average molecular weight is 409 g/mol. The van der Waals surface area contributed by atoms with Crippen LogP contribution >= 0.6 is 0 Å². The molecule has 30 heavy (non-hydrogen) atoms. The molecule has 0 aromatic heterocycles. The number of ether oxygens (including phenoxy) is 1. The Morgan fingerprint density at radius 3 is 2.23 bits per heavy atom. The zero-order valence-electron chi connectivity index (χ0n) is 17.9. The van der Waals surface area contributed by atoms with Crippen LogP contribution in [0.2, 0.25) is 0 Å². The molecule has 0 saturated carbocycles. The predicted molar refractivity (Wildman–Crippen MR) is 118 cm³/mol. The van der Waals surface area contributed by atoms with Gasteiger partial charge in [-0.1, -0.05) is 67.6 Å². The third-order valence-electron chi connectivity index (χ3n) is 5.77. The van der Waals surface area contributed by atoms with Crippen LogP contribution in [0.5, 0.6) is 0 Å². The van der Waals surface area contributed by atoms with Crippen molar-refractivity contribution in [3.05, 3.63) is 71.8 Å². The number of likely N-dealkylation sites (tertiary alicyclic amines) is 1. The van der Waals surface area contributed by atoms with Crippen molar-refractivity contribution in [3.8, 4) is 0 Å². The Morgan fingerprint density at radius 1 is 1.03 bits per heavy atom. The Bertz CT molecular complexity index is 802. The summed E-state index contributed by atoms with van der Waals surface area (Å²) in [5.74, 6) is 0.00298. The maximum Gasteiger partial charge on any atom is 0.249 e. The van der Waals surface area contributed by atoms with E-state index >= 15 is 0 Å². The summed E-state index contributed by atoms with van der Waals surface area (Å²) in [6.45, 7) is 5.60. The summed E-state index contributed by atoms with van der Waals surface area (Å²) in [4.78, 5) is 27.4. The molecule has 1 fully saturated rings. The number of hydrogen-bond acceptors (Lipinski definition) is 3. The summed E-state index contributed by atoms with van der Waals surface area (Å²) in [5.41, 5.74) is 2.12. The lowest BCUT2D eigenvalue weighted by molar-refractivity contribution is -0.135. The Hall–Kier alpha value is -2.66. The van der Waals surface area contributed by atoms with Crippen molar-refractivity contribution in [1.29, 1.82) is 0 Å². The molecule has 1 aliphatic rings. The highest BCUT2D eigenvalue weighted by Gasteiger charge is 2.29. The van der Waals surface area contributed by atoms with Crippen molar-refractivity contribution in [2.24, 2.45) is 0 Å². The van der Waals surface area contributed by atoms with Gasteiger partial charge < -0.3 is 15.0 Å². The molecule has 5 heteroatoms. The van der Waals surface area contributed by atoms with E-state index in [1.54, 1.807) is 6.92 Å². The number of carbonyl (C=O) groups excluding carboxylic acids is 2. The molecular formula is C25H32N2O3. The Morgan fingerprint density at radius 2 is 1.63 bits per heavy atom. The topological polar surface area (TPSA) is 58.6 Å². The fourth-order valence-electron chi connectivity index (χ4n) is 3.89. The summed E-state index contributed by atoms with van der Waals surface area (Å²) in [6.07, 6.45) is 1.82. The van der Waals surface area contributed by atoms with Crippen molar-refractivity contribution in [1.82, 2.24) is 10.2 Å². The van der Waals surface area contributed by atoms with Crippen LogP contribution in [0.1, 0.15) is 50.2 Å². The number of hydrogen-bond donors (Lipinski definition) is 1. The van der Waals surface area contributed by atoms with E-state index in [-0.39, 0.29) is 23.8 Å². The fraction of sp³-hybridized carbons (Fsp3) is 0.440. The number of rotatable bonds is 8. The summed E-state index contributed by atoms with van der Waals surface area (Å²) in [5, 5.41) is 3.09. The van der Waals surface area contributed by atoms with Gasteiger partial charge in [-0.3, -0.25) is 9.59 Å². The SMILES string of the molecule is CCC(C(=O)N1CCC(NC(=O)C(C)OCc2ccccc2)CC1)c1ccccc1. The third kappa shape index (κ3) is 5.92. The number of benzene rings is 2. The normalized spacial score (nSPS) is 16.7. The van der Waals surface area contributed by atoms with Gasteiger partial charge in [0, 0.05) is 19.1 Å². The smallest absolute Gasteiger partial charge is 0.249 e. The summed E-state index contributed by atoms with van der Waals surface area (Å²) in [6, 6.07) is 19.9. The van der Waals surface area contributed by atoms with E-state index in [1.165, 1.54) is 0 Å². The average Bonchev–Trinajstić information content (AvgIpc) is 2.79. The molecule has 1 heterocycles. The van der Waals surface area contributed by atoms with Gasteiger partial charge in [0.05, 0.1) is 12.5 Å². The Balaban J connectivity index is 1.44. The van der Waals surface area contributed by atoms with E-state index in [4.69, 9.17) is 4.74 Å². The number of nitrogens with one attached hydrogen (secondary N) is 1. The van der Waals surface area contributed by atoms with Crippen molar-refractivity contribution >= 4 is 11.8 Å². The second kappa shape index (κ2) is 10.9. The number of piperidine rings is 1. The minimum absolute atomic E-state index is 0.0844. The van der Waals surface area contributed by atoms with Gasteiger partial charge in [-0.25, -0.2) is 0 Å². The molecule has 1 N–H and O–H groups in total. The summed E-state index contributed by atoms with van der Waals surface area (Å²) < 4.78 is 5.71. The van der Waals surface area contributed by atoms with E-state index in [9.17, 15) is 9.59 Å². The molecule has 1 saturated heterocycles. The molecule has 0 spiro atoms. The maximum absolute atomic E-state index is 13.0. The maximum atomic E-state index is 13.0. The molecule has 1 aliphatic heterocycles. The van der Waals surface area contributed by atoms with Crippen molar-refractivity contribution in [2.75, 3.05) is 13.1 Å². The largest absolute Gasteiger partial charge is 0.364 e. The van der Waals surface area contributed by atoms with Gasteiger partial charge >= 0.3 is 0 Å². The lowest BCUT2D eigenvalue weighted by Gasteiger charge is -2.35. The number of nitrogens with zero attached hydrogens (tertiary/aromatic N) is 1. The molecule has 3 rings (SSSR count). The molecule has 5 nitrogen and oxygen atoms in total. The van der Waals surface area contributed by atoms with Crippen molar-refractivity contribution < 1.29 is 14.3 Å². The Kier molecular flexibility index (Phi) is 8.03. The third-order valence-corrected chi connectivity index (χ3v) is 5.77. The zero-order chi connectivity index (χ0) is 21.3. The molecule has 0 aliphatic carbocycles. The minimum atomic E-state index is -0.507. The standard InChI is InChI=1S/C25H32N2O3/c1-3-23(21-12-8-5-9-13-21)25(29)27-16-14-22(15-17-27)26-24(28)19(2)30-18-20-10-6-4-7-11-20/h4-13,19,22-23H,3,14-18H2,1-2H3,(H,26,28). The second-order valence-electron chi connectivity index (χ2n) is 7.92. The van der Waals surface area contributed by atoms with Crippen LogP contribution in [0.4, 0.5) is 0 Å². The van der Waals surface area contributed by atoms with Gasteiger partial charge in [0.1, 0.15) is 6.10 Å². The molecule has 2 unspecified atom stereocenters. The molecule has 2 aromatic carbocycles. The van der Waals surface area contributed by atoms with Crippen LogP contribution in [0.15, 0.2) is 60.7 Å². The Labute approximate surface area is 179 Å². The van der Waals surface area contributed by atoms with E-state index < -0.39 is 6.10 Å². The van der Waals surface area contributed by atoms with E-state index in [0.717, 1.165) is 30.4 Å². The highest BCUT2D eigenvalue weighted by atomic mass is 16.5. The van der Waals surface area contributed by atoms with Gasteiger partial charge in [0.2, 0.25) is 11.8 Å². The van der Waals surface area contributed by atoms with Gasteiger partial charge in [0.25, 0.3) is 0 Å². The molecule has 160 valence electrons. The molecule has 2 atom stereocenters. The molecular weight excluding hydrogens is 376 g/mol. The second-order valence-corrected chi connectivity index (χ2v) is 7.92. The first-order valence-corrected chi connectivity index (χ1v) is 10.9. The van der Waals surface area contributed by atoms with Crippen LogP contribution in [-0.2, 0) is 20.9 Å². The lowest BCUT2D eigenvalue weighted by Crippen LogP contribution is -2.49. The van der Waals surface area contributed by atoms with Crippen LogP contribution in [0.3, 0.4) is 0 Å². The molecule has 0 radical (unpaired) electrons. The number of amides is 2. The fourth-order valence-corrected chi connectivity index (χ4v) is 3.89. The van der Waals surface area contributed by atoms with Crippen LogP contribution in [-0.4, -0.2) is 41.9 Å². The van der Waals surface area contributed by atoms with Gasteiger partial charge in [-0.2, -0.15) is 0 Å². The van der Waals surface area contributed by atoms with Crippen molar-refractivity contribution in [2.45, 2.75) is 57.8 Å². The number of carbonyl (C=O) groups is 2. The van der Waals surface area contributed by atoms with Crippen molar-refractivity contribution in [3.63, 3.8) is 0 Å². The first-order chi connectivity index (χ1) is 14.6. The van der Waals surface area contributed by atoms with Gasteiger partial charge in [-0.15, -0.1) is 0 Å². The predicted octanol–water partition coefficient (Wildman–Crippen LogP) is 3.89. The first kappa shape index (κ1) is 22.0. The van der Waals surface area contributed by atoms with E-state index in [1.807, 2.05) is 65.6 Å². The van der Waals surface area contributed by atoms with Crippen LogP contribution < -0.4 is 5.32 Å². The molecule has 2 aromatic rings. The lowest BCUT2D eigenvalue weighted by atomic mass is 9.93.